The lowest BCUT2D eigenvalue weighted by atomic mass is 10.2. The molecule has 0 aliphatic heterocycles. The second-order valence-corrected chi connectivity index (χ2v) is 4.30. The number of methoxy groups -OCH3 is 1. The van der Waals surface area contributed by atoms with E-state index in [0.29, 0.717) is 11.9 Å². The summed E-state index contributed by atoms with van der Waals surface area (Å²) in [5.74, 6) is 2.03. The summed E-state index contributed by atoms with van der Waals surface area (Å²) in [6, 6.07) is 5.93. The Kier molecular flexibility index (Phi) is 3.62. The average Bonchev–Trinajstić information content (AvgIpc) is 2.37. The lowest BCUT2D eigenvalue weighted by Crippen LogP contribution is -2.24. The van der Waals surface area contributed by atoms with E-state index in [1.165, 1.54) is 0 Å². The minimum atomic E-state index is 0.312. The van der Waals surface area contributed by atoms with Crippen molar-refractivity contribution in [3.63, 3.8) is 0 Å². The van der Waals surface area contributed by atoms with Crippen molar-refractivity contribution in [1.29, 1.82) is 0 Å². The van der Waals surface area contributed by atoms with Crippen LogP contribution in [0.2, 0.25) is 0 Å². The molecule has 1 heterocycles. The summed E-state index contributed by atoms with van der Waals surface area (Å²) in [5, 5.41) is 4.02. The van der Waals surface area contributed by atoms with Crippen molar-refractivity contribution in [3.05, 3.63) is 24.0 Å². The molecule has 2 rings (SSSR count). The van der Waals surface area contributed by atoms with E-state index in [-0.39, 0.29) is 0 Å². The molecule has 0 amide bonds. The Balaban J connectivity index is 2.45. The van der Waals surface area contributed by atoms with Gasteiger partial charge in [-0.2, -0.15) is 0 Å². The molecule has 0 fully saturated rings. The van der Waals surface area contributed by atoms with E-state index in [0.717, 1.165) is 28.9 Å². The van der Waals surface area contributed by atoms with Crippen LogP contribution < -0.4 is 15.8 Å². The molecule has 96 valence electrons. The molecule has 5 heteroatoms. The molecule has 1 atom stereocenters. The molecule has 0 bridgehead atoms. The van der Waals surface area contributed by atoms with E-state index in [1.54, 1.807) is 7.11 Å². The molecule has 5 nitrogen and oxygen atoms in total. The maximum absolute atomic E-state index is 5.95. The number of nitrogens with one attached hydrogen (secondary N) is 1. The van der Waals surface area contributed by atoms with E-state index in [2.05, 4.69) is 22.2 Å². The number of hydrogen-bond donors (Lipinski definition) is 2. The smallest absolute Gasteiger partial charge is 0.135 e. The summed E-state index contributed by atoms with van der Waals surface area (Å²) < 4.78 is 5.19. The zero-order valence-corrected chi connectivity index (χ0v) is 10.9. The highest BCUT2D eigenvalue weighted by molar-refractivity contribution is 5.88. The molecule has 0 saturated heterocycles. The number of rotatable bonds is 4. The second-order valence-electron chi connectivity index (χ2n) is 4.30. The third-order valence-corrected chi connectivity index (χ3v) is 2.96. The molecule has 0 aliphatic rings. The summed E-state index contributed by atoms with van der Waals surface area (Å²) in [4.78, 5) is 8.85. The quantitative estimate of drug-likeness (QED) is 0.852. The molecule has 18 heavy (non-hydrogen) atoms. The van der Waals surface area contributed by atoms with Gasteiger partial charge in [0.15, 0.2) is 0 Å². The van der Waals surface area contributed by atoms with Gasteiger partial charge in [0.1, 0.15) is 17.4 Å². The molecule has 3 N–H and O–H groups in total. The van der Waals surface area contributed by atoms with E-state index in [9.17, 15) is 0 Å². The first-order chi connectivity index (χ1) is 8.63. The summed E-state index contributed by atoms with van der Waals surface area (Å²) in [7, 11) is 3.55. The van der Waals surface area contributed by atoms with Crippen molar-refractivity contribution in [3.8, 4) is 5.75 Å². The van der Waals surface area contributed by atoms with Gasteiger partial charge in [-0.25, -0.2) is 9.97 Å². The average molecular weight is 246 g/mol. The van der Waals surface area contributed by atoms with Crippen LogP contribution in [0.1, 0.15) is 12.7 Å². The molecule has 2 aromatic rings. The van der Waals surface area contributed by atoms with Gasteiger partial charge in [-0.3, -0.25) is 0 Å². The van der Waals surface area contributed by atoms with Gasteiger partial charge in [0, 0.05) is 23.9 Å². The summed E-state index contributed by atoms with van der Waals surface area (Å²) in [6.07, 6.45) is 0.744. The van der Waals surface area contributed by atoms with Crippen molar-refractivity contribution in [2.75, 3.05) is 19.9 Å². The van der Waals surface area contributed by atoms with Crippen molar-refractivity contribution >= 4 is 16.7 Å². The van der Waals surface area contributed by atoms with Crippen molar-refractivity contribution in [2.24, 2.45) is 0 Å². The standard InChI is InChI=1S/C13H18N4O/c1-8(15-2)6-12-16-11-7-9(18-3)4-5-10(11)13(14)17-12/h4-5,7-8,15H,6H2,1-3H3,(H2,14,16,17). The number of likely N-dealkylation sites (N-methyl/N-ethyl adjacent to an activating group) is 1. The number of nitrogens with two attached hydrogens (primary N) is 1. The predicted molar refractivity (Wildman–Crippen MR) is 72.7 cm³/mol. The first kappa shape index (κ1) is 12.6. The van der Waals surface area contributed by atoms with Crippen LogP contribution in [-0.2, 0) is 6.42 Å². The third kappa shape index (κ3) is 2.51. The van der Waals surface area contributed by atoms with Gasteiger partial charge in [0.05, 0.1) is 12.6 Å². The summed E-state index contributed by atoms with van der Waals surface area (Å²) in [6.45, 7) is 2.08. The highest BCUT2D eigenvalue weighted by atomic mass is 16.5. The van der Waals surface area contributed by atoms with Gasteiger partial charge in [-0.15, -0.1) is 0 Å². The largest absolute Gasteiger partial charge is 0.497 e. The van der Waals surface area contributed by atoms with E-state index in [1.807, 2.05) is 25.2 Å². The van der Waals surface area contributed by atoms with Crippen molar-refractivity contribution < 1.29 is 4.74 Å². The molecular formula is C13H18N4O. The SMILES string of the molecule is CNC(C)Cc1nc(N)c2ccc(OC)cc2n1. The van der Waals surface area contributed by atoms with E-state index in [4.69, 9.17) is 10.5 Å². The zero-order chi connectivity index (χ0) is 13.1. The fourth-order valence-electron chi connectivity index (χ4n) is 1.78. The molecule has 0 radical (unpaired) electrons. The maximum Gasteiger partial charge on any atom is 0.135 e. The van der Waals surface area contributed by atoms with Crippen LogP contribution in [-0.4, -0.2) is 30.2 Å². The molecule has 0 aliphatic carbocycles. The van der Waals surface area contributed by atoms with Gasteiger partial charge < -0.3 is 15.8 Å². The van der Waals surface area contributed by atoms with Crippen LogP contribution in [0.3, 0.4) is 0 Å². The Bertz CT molecular complexity index is 556. The molecule has 1 aromatic carbocycles. The van der Waals surface area contributed by atoms with Crippen LogP contribution in [0.15, 0.2) is 18.2 Å². The van der Waals surface area contributed by atoms with E-state index < -0.39 is 0 Å². The van der Waals surface area contributed by atoms with Crippen LogP contribution in [0.4, 0.5) is 5.82 Å². The Morgan fingerprint density at radius 1 is 1.39 bits per heavy atom. The Labute approximate surface area is 106 Å². The fourth-order valence-corrected chi connectivity index (χ4v) is 1.78. The zero-order valence-electron chi connectivity index (χ0n) is 10.9. The normalized spacial score (nSPS) is 12.6. The van der Waals surface area contributed by atoms with Gasteiger partial charge >= 0.3 is 0 Å². The Hall–Kier alpha value is -1.88. The molecule has 0 spiro atoms. The Morgan fingerprint density at radius 2 is 2.17 bits per heavy atom. The van der Waals surface area contributed by atoms with Gasteiger partial charge in [-0.05, 0) is 26.1 Å². The number of fused-ring (bicyclic) bond motifs is 1. The number of nitrogens with zero attached hydrogens (tertiary/aromatic N) is 2. The molecule has 1 unspecified atom stereocenters. The second kappa shape index (κ2) is 5.18. The number of anilines is 1. The first-order valence-corrected chi connectivity index (χ1v) is 5.91. The van der Waals surface area contributed by atoms with Crippen LogP contribution >= 0.6 is 0 Å². The minimum Gasteiger partial charge on any atom is -0.497 e. The number of benzene rings is 1. The lowest BCUT2D eigenvalue weighted by molar-refractivity contribution is 0.415. The lowest BCUT2D eigenvalue weighted by Gasteiger charge is -2.10. The molecular weight excluding hydrogens is 228 g/mol. The number of ether oxygens (including phenoxy) is 1. The highest BCUT2D eigenvalue weighted by Crippen LogP contribution is 2.23. The first-order valence-electron chi connectivity index (χ1n) is 5.91. The minimum absolute atomic E-state index is 0.312. The van der Waals surface area contributed by atoms with Gasteiger partial charge in [0.2, 0.25) is 0 Å². The van der Waals surface area contributed by atoms with Crippen LogP contribution in [0.5, 0.6) is 5.75 Å². The molecule has 1 aromatic heterocycles. The number of hydrogen-bond acceptors (Lipinski definition) is 5. The number of nitrogen functional groups attached to an aromatic ring is 1. The van der Waals surface area contributed by atoms with Crippen molar-refractivity contribution in [2.45, 2.75) is 19.4 Å². The predicted octanol–water partition coefficient (Wildman–Crippen LogP) is 1.37. The monoisotopic (exact) mass is 246 g/mol. The van der Waals surface area contributed by atoms with E-state index >= 15 is 0 Å². The van der Waals surface area contributed by atoms with Crippen LogP contribution in [0.25, 0.3) is 10.9 Å². The fraction of sp³-hybridized carbons (Fsp3) is 0.385. The third-order valence-electron chi connectivity index (χ3n) is 2.96. The Morgan fingerprint density at radius 3 is 2.83 bits per heavy atom. The highest BCUT2D eigenvalue weighted by Gasteiger charge is 2.08. The summed E-state index contributed by atoms with van der Waals surface area (Å²) in [5.41, 5.74) is 6.77. The van der Waals surface area contributed by atoms with Gasteiger partial charge in [-0.1, -0.05) is 0 Å². The number of aromatic nitrogens is 2. The van der Waals surface area contributed by atoms with Crippen LogP contribution in [0, 0.1) is 0 Å². The molecule has 0 saturated carbocycles. The maximum atomic E-state index is 5.95. The van der Waals surface area contributed by atoms with Gasteiger partial charge in [0.25, 0.3) is 0 Å². The topological polar surface area (TPSA) is 73.1 Å². The summed E-state index contributed by atoms with van der Waals surface area (Å²) >= 11 is 0. The van der Waals surface area contributed by atoms with Crippen molar-refractivity contribution in [1.82, 2.24) is 15.3 Å².